The van der Waals surface area contributed by atoms with E-state index in [1.54, 1.807) is 48.5 Å². The van der Waals surface area contributed by atoms with Crippen molar-refractivity contribution in [2.45, 2.75) is 143 Å². The Bertz CT molecular complexity index is 1500. The fourth-order valence-electron chi connectivity index (χ4n) is 5.66. The molecule has 0 spiro atoms. The Kier molecular flexibility index (Phi) is 25.4. The lowest BCUT2D eigenvalue weighted by molar-refractivity contribution is -0.138. The smallest absolute Gasteiger partial charge is 0.245 e. The molecule has 0 bridgehead atoms. The second-order valence-corrected chi connectivity index (χ2v) is 15.1. The first-order chi connectivity index (χ1) is 28.0. The Morgan fingerprint density at radius 3 is 1.50 bits per heavy atom. The maximum absolute atomic E-state index is 13.8. The first-order valence-electron chi connectivity index (χ1n) is 20.4. The highest BCUT2D eigenvalue weighted by atomic mass is 16.3. The molecule has 0 aromatic heterocycles. The molecule has 0 rings (SSSR count). The third-order valence-corrected chi connectivity index (χ3v) is 9.65. The van der Waals surface area contributed by atoms with Gasteiger partial charge < -0.3 is 64.8 Å². The molecule has 0 radical (unpaired) electrons. The number of rotatable bonds is 28. The monoisotopic (exact) mass is 855 g/mol. The number of carbonyl (C=O) groups excluding carboxylic acids is 9. The van der Waals surface area contributed by atoms with Crippen LogP contribution in [0.5, 0.6) is 0 Å². The second-order valence-electron chi connectivity index (χ2n) is 15.1. The molecule has 9 atom stereocenters. The number of nitrogens with two attached hydrogens (primary N) is 3. The van der Waals surface area contributed by atoms with Gasteiger partial charge in [-0.1, -0.05) is 54.4 Å². The van der Waals surface area contributed by atoms with Crippen molar-refractivity contribution in [2.75, 3.05) is 19.6 Å². The summed E-state index contributed by atoms with van der Waals surface area (Å²) in [6, 6.07) is -7.79. The number of aliphatic imine (C=N–C) groups is 1. The normalized spacial score (nSPS) is 15.4. The van der Waals surface area contributed by atoms with Gasteiger partial charge in [-0.15, -0.1) is 0 Å². The number of likely N-dealkylation sites (N-methyl/N-ethyl adjacent to an activating group) is 1. The molecule has 22 heteroatoms. The van der Waals surface area contributed by atoms with Crippen molar-refractivity contribution in [3.63, 3.8) is 0 Å². The van der Waals surface area contributed by atoms with E-state index < -0.39 is 113 Å². The van der Waals surface area contributed by atoms with E-state index in [-0.39, 0.29) is 44.9 Å². The molecule has 0 aliphatic rings. The molecule has 0 unspecified atom stereocenters. The van der Waals surface area contributed by atoms with Crippen LogP contribution in [0.2, 0.25) is 0 Å². The third kappa shape index (κ3) is 20.4. The van der Waals surface area contributed by atoms with Gasteiger partial charge in [0, 0.05) is 26.4 Å². The fourth-order valence-corrected chi connectivity index (χ4v) is 5.66. The Hall–Kier alpha value is -5.54. The molecule has 0 heterocycles. The Labute approximate surface area is 352 Å². The number of guanidine groups is 1. The van der Waals surface area contributed by atoms with E-state index in [4.69, 9.17) is 17.2 Å². The molecular formula is C38H70N12O10. The molecule has 60 heavy (non-hydrogen) atoms. The van der Waals surface area contributed by atoms with E-state index in [0.29, 0.717) is 19.3 Å². The van der Waals surface area contributed by atoms with Crippen molar-refractivity contribution in [1.29, 1.82) is 0 Å². The van der Waals surface area contributed by atoms with Gasteiger partial charge in [0.1, 0.15) is 36.3 Å². The summed E-state index contributed by atoms with van der Waals surface area (Å²) in [5.74, 6) is -8.15. The van der Waals surface area contributed by atoms with Crippen LogP contribution in [0.15, 0.2) is 4.99 Å². The zero-order valence-corrected chi connectivity index (χ0v) is 36.4. The van der Waals surface area contributed by atoms with Gasteiger partial charge in [0.05, 0.1) is 12.6 Å². The first kappa shape index (κ1) is 54.5. The highest BCUT2D eigenvalue weighted by molar-refractivity contribution is 5.97. The van der Waals surface area contributed by atoms with Crippen molar-refractivity contribution in [3.8, 4) is 0 Å². The summed E-state index contributed by atoms with van der Waals surface area (Å²) in [5, 5.41) is 31.0. The second kappa shape index (κ2) is 28.0. The lowest BCUT2D eigenvalue weighted by atomic mass is 9.95. The van der Waals surface area contributed by atoms with Crippen molar-refractivity contribution in [1.82, 2.24) is 42.5 Å². The minimum absolute atomic E-state index is 0.131. The van der Waals surface area contributed by atoms with E-state index in [9.17, 15) is 48.3 Å². The quantitative estimate of drug-likeness (QED) is 0.0208. The topological polar surface area (TPSA) is 361 Å². The summed E-state index contributed by atoms with van der Waals surface area (Å²) >= 11 is 0. The standard InChI is InChI=1S/C38H70N12O10/c1-10-20(6)29(35(58)45-24(32(55)42-12-3)14-13-17-43-38(40)41)48-33(56)25(15-16-26(39)53)46-37(60)31(22(8)51)50-36(59)30(21(7)11-2)49-34(57)28(19(4)5)47-27(54)18-44-23(9)52/h19-22,24-25,28-31,51H,10-18H2,1-9H3,(H2,39,53)(H,42,55)(H,44,52)(H,45,58)(H,46,60)(H,47,54)(H,48,56)(H,49,57)(H,50,59)(H4,40,41,43)/t20-,21-,22+,24-,25-,28-,29-,30+,31-/m0/s1. The minimum atomic E-state index is -1.69. The molecule has 0 aliphatic heterocycles. The molecule has 0 fully saturated rings. The van der Waals surface area contributed by atoms with E-state index in [0.717, 1.165) is 0 Å². The molecule has 0 saturated carbocycles. The van der Waals surface area contributed by atoms with Crippen LogP contribution >= 0.6 is 0 Å². The van der Waals surface area contributed by atoms with Gasteiger partial charge >= 0.3 is 0 Å². The number of hydrogen-bond donors (Lipinski definition) is 12. The van der Waals surface area contributed by atoms with Crippen molar-refractivity contribution in [2.24, 2.45) is 39.9 Å². The van der Waals surface area contributed by atoms with Crippen LogP contribution in [0.3, 0.4) is 0 Å². The first-order valence-corrected chi connectivity index (χ1v) is 20.4. The molecule has 0 aliphatic carbocycles. The van der Waals surface area contributed by atoms with Gasteiger partial charge in [-0.3, -0.25) is 48.1 Å². The van der Waals surface area contributed by atoms with Crippen molar-refractivity contribution < 1.29 is 48.3 Å². The third-order valence-electron chi connectivity index (χ3n) is 9.65. The van der Waals surface area contributed by atoms with E-state index in [1.165, 1.54) is 13.8 Å². The lowest BCUT2D eigenvalue weighted by Crippen LogP contribution is -2.63. The average molecular weight is 855 g/mol. The fraction of sp³-hybridized carbons (Fsp3) is 0.737. The molecule has 22 nitrogen and oxygen atoms in total. The summed E-state index contributed by atoms with van der Waals surface area (Å²) in [6.07, 6.45) is -0.966. The number of aliphatic hydroxyl groups excluding tert-OH is 1. The van der Waals surface area contributed by atoms with Crippen LogP contribution in [0.25, 0.3) is 0 Å². The number of hydrogen-bond acceptors (Lipinski definition) is 11. The lowest BCUT2D eigenvalue weighted by Gasteiger charge is -2.31. The van der Waals surface area contributed by atoms with Gasteiger partial charge in [0.15, 0.2) is 5.96 Å². The largest absolute Gasteiger partial charge is 0.391 e. The van der Waals surface area contributed by atoms with Gasteiger partial charge in [-0.2, -0.15) is 0 Å². The summed E-state index contributed by atoms with van der Waals surface area (Å²) in [4.78, 5) is 121. The van der Waals surface area contributed by atoms with Crippen LogP contribution in [0.4, 0.5) is 0 Å². The van der Waals surface area contributed by atoms with E-state index in [2.05, 4.69) is 47.5 Å². The minimum Gasteiger partial charge on any atom is -0.391 e. The van der Waals surface area contributed by atoms with Gasteiger partial charge in [0.25, 0.3) is 0 Å². The molecule has 0 saturated heterocycles. The maximum atomic E-state index is 13.8. The van der Waals surface area contributed by atoms with Gasteiger partial charge in [-0.25, -0.2) is 0 Å². The summed E-state index contributed by atoms with van der Waals surface area (Å²) in [6.45, 7) is 14.5. The SMILES string of the molecule is CCNC(=O)[C@H](CCCN=C(N)N)NC(=O)[C@@H](NC(=O)[C@H](CCC(N)=O)NC(=O)[C@@H](NC(=O)[C@H](NC(=O)[C@@H](NC(=O)CNC(C)=O)C(C)C)[C@@H](C)CC)[C@@H](C)O)[C@@H](C)CC. The van der Waals surface area contributed by atoms with Gasteiger partial charge in [-0.05, 0) is 50.9 Å². The van der Waals surface area contributed by atoms with E-state index >= 15 is 0 Å². The Morgan fingerprint density at radius 1 is 0.583 bits per heavy atom. The van der Waals surface area contributed by atoms with Crippen LogP contribution in [0, 0.1) is 17.8 Å². The number of nitrogens with one attached hydrogen (secondary N) is 8. The Balaban J connectivity index is 6.38. The molecular weight excluding hydrogens is 784 g/mol. The maximum Gasteiger partial charge on any atom is 0.245 e. The number of nitrogens with zero attached hydrogens (tertiary/aromatic N) is 1. The predicted octanol–water partition coefficient (Wildman–Crippen LogP) is -3.38. The van der Waals surface area contributed by atoms with Crippen LogP contribution < -0.4 is 59.7 Å². The molecule has 0 aromatic rings. The molecule has 9 amide bonds. The number of amides is 9. The predicted molar refractivity (Wildman–Crippen MR) is 223 cm³/mol. The molecule has 15 N–H and O–H groups in total. The molecule has 342 valence electrons. The summed E-state index contributed by atoms with van der Waals surface area (Å²) in [7, 11) is 0. The molecule has 0 aromatic carbocycles. The van der Waals surface area contributed by atoms with E-state index in [1.807, 2.05) is 0 Å². The zero-order chi connectivity index (χ0) is 46.3. The van der Waals surface area contributed by atoms with Crippen LogP contribution in [0.1, 0.15) is 101 Å². The average Bonchev–Trinajstić information content (AvgIpc) is 3.17. The highest BCUT2D eigenvalue weighted by Crippen LogP contribution is 2.13. The Morgan fingerprint density at radius 2 is 1.05 bits per heavy atom. The van der Waals surface area contributed by atoms with Crippen molar-refractivity contribution in [3.05, 3.63) is 0 Å². The zero-order valence-electron chi connectivity index (χ0n) is 36.4. The highest BCUT2D eigenvalue weighted by Gasteiger charge is 2.37. The summed E-state index contributed by atoms with van der Waals surface area (Å²) in [5.41, 5.74) is 16.1. The van der Waals surface area contributed by atoms with Gasteiger partial charge in [0.2, 0.25) is 53.2 Å². The number of primary amides is 1. The number of carbonyl (C=O) groups is 9. The number of aliphatic hydroxyl groups is 1. The summed E-state index contributed by atoms with van der Waals surface area (Å²) < 4.78 is 0. The van der Waals surface area contributed by atoms with Crippen LogP contribution in [-0.2, 0) is 43.2 Å². The van der Waals surface area contributed by atoms with Crippen molar-refractivity contribution >= 4 is 59.1 Å². The van der Waals surface area contributed by atoms with Crippen LogP contribution in [-0.4, -0.2) is 126 Å².